The maximum atomic E-state index is 12.5. The van der Waals surface area contributed by atoms with Gasteiger partial charge in [0.1, 0.15) is 11.6 Å². The van der Waals surface area contributed by atoms with E-state index in [-0.39, 0.29) is 9.92 Å². The van der Waals surface area contributed by atoms with E-state index < -0.39 is 22.7 Å². The van der Waals surface area contributed by atoms with Crippen molar-refractivity contribution in [1.29, 1.82) is 0 Å². The van der Waals surface area contributed by atoms with Crippen molar-refractivity contribution in [3.63, 3.8) is 0 Å². The van der Waals surface area contributed by atoms with Crippen LogP contribution < -0.4 is 5.32 Å². The second kappa shape index (κ2) is 7.97. The van der Waals surface area contributed by atoms with Crippen LogP contribution in [0.4, 0.5) is 18.9 Å². The number of halogens is 4. The lowest BCUT2D eigenvalue weighted by molar-refractivity contribution is -0.105. The number of pyridine rings is 1. The number of amidine groups is 1. The van der Waals surface area contributed by atoms with Crippen LogP contribution in [0.5, 0.6) is 0 Å². The molecular weight excluding hydrogens is 375 g/mol. The molecule has 0 radical (unpaired) electrons. The average Bonchev–Trinajstić information content (AvgIpc) is 2.53. The Morgan fingerprint density at radius 3 is 2.68 bits per heavy atom. The van der Waals surface area contributed by atoms with Crippen molar-refractivity contribution in [3.8, 4) is 0 Å². The minimum atomic E-state index is -4.54. The van der Waals surface area contributed by atoms with Crippen LogP contribution >= 0.6 is 11.6 Å². The van der Waals surface area contributed by atoms with E-state index >= 15 is 0 Å². The number of hydrogen-bond donors (Lipinski definition) is 1. The molecule has 0 spiro atoms. The molecule has 1 heterocycles. The molecule has 1 N–H and O–H groups in total. The molecule has 0 aliphatic carbocycles. The zero-order valence-corrected chi connectivity index (χ0v) is 15.0. The van der Waals surface area contributed by atoms with E-state index in [0.717, 1.165) is 0 Å². The highest BCUT2D eigenvalue weighted by Gasteiger charge is 2.32. The van der Waals surface area contributed by atoms with Crippen molar-refractivity contribution in [2.75, 3.05) is 18.1 Å². The Morgan fingerprint density at radius 1 is 1.40 bits per heavy atom. The molecule has 1 aromatic carbocycles. The number of nitrogens with one attached hydrogen (secondary N) is 1. The molecule has 0 amide bonds. The van der Waals surface area contributed by atoms with E-state index in [9.17, 15) is 17.4 Å². The van der Waals surface area contributed by atoms with Gasteiger partial charge in [-0.1, -0.05) is 11.6 Å². The molecule has 25 heavy (non-hydrogen) atoms. The Morgan fingerprint density at radius 2 is 2.12 bits per heavy atom. The van der Waals surface area contributed by atoms with Gasteiger partial charge >= 0.3 is 6.18 Å². The van der Waals surface area contributed by atoms with Gasteiger partial charge < -0.3 is 5.32 Å². The molecule has 2 rings (SSSR count). The SMILES string of the molecule is CN=C(Nc1cc(S(=O)CC(F)(F)F)c(Cl)cc1C)c1cccnc1. The fraction of sp³-hybridized carbons (Fsp3) is 0.250. The van der Waals surface area contributed by atoms with Crippen molar-refractivity contribution in [3.05, 3.63) is 52.8 Å². The molecular formula is C16H15ClF3N3OS. The number of aromatic nitrogens is 1. The lowest BCUT2D eigenvalue weighted by Crippen LogP contribution is -2.19. The molecule has 0 bridgehead atoms. The van der Waals surface area contributed by atoms with E-state index in [4.69, 9.17) is 11.6 Å². The monoisotopic (exact) mass is 389 g/mol. The molecule has 4 nitrogen and oxygen atoms in total. The molecule has 2 aromatic rings. The number of aliphatic imine (C=N–C) groups is 1. The van der Waals surface area contributed by atoms with Gasteiger partial charge in [0.25, 0.3) is 0 Å². The summed E-state index contributed by atoms with van der Waals surface area (Å²) in [7, 11) is -0.721. The standard InChI is InChI=1S/C16H15ClF3N3OS/c1-10-6-12(17)14(25(24)9-16(18,19)20)7-13(10)23-15(21-2)11-4-3-5-22-8-11/h3-8H,9H2,1-2H3,(H,21,23). The van der Waals surface area contributed by atoms with Crippen LogP contribution in [0, 0.1) is 6.92 Å². The molecule has 1 unspecified atom stereocenters. The first-order chi connectivity index (χ1) is 11.7. The van der Waals surface area contributed by atoms with Gasteiger partial charge in [-0.3, -0.25) is 14.2 Å². The predicted octanol–water partition coefficient (Wildman–Crippen LogP) is 4.20. The van der Waals surface area contributed by atoms with Crippen LogP contribution in [0.1, 0.15) is 11.1 Å². The van der Waals surface area contributed by atoms with Crippen LogP contribution in [-0.4, -0.2) is 34.0 Å². The third-order valence-corrected chi connectivity index (χ3v) is 5.07. The van der Waals surface area contributed by atoms with E-state index in [1.807, 2.05) is 0 Å². The Balaban J connectivity index is 2.35. The summed E-state index contributed by atoms with van der Waals surface area (Å²) >= 11 is 5.98. The van der Waals surface area contributed by atoms with Gasteiger partial charge in [-0.15, -0.1) is 0 Å². The molecule has 0 aliphatic rings. The van der Waals surface area contributed by atoms with Crippen LogP contribution in [0.25, 0.3) is 0 Å². The first-order valence-corrected chi connectivity index (χ1v) is 8.80. The normalized spacial score (nSPS) is 13.6. The number of aryl methyl sites for hydroxylation is 1. The number of rotatable bonds is 4. The van der Waals surface area contributed by atoms with Gasteiger partial charge in [-0.25, -0.2) is 0 Å². The smallest absolute Gasteiger partial charge is 0.340 e. The number of anilines is 1. The minimum Gasteiger partial charge on any atom is -0.340 e. The Labute approximate surface area is 150 Å². The third kappa shape index (κ3) is 5.27. The fourth-order valence-electron chi connectivity index (χ4n) is 2.08. The Hall–Kier alpha value is -1.93. The average molecular weight is 390 g/mol. The van der Waals surface area contributed by atoms with E-state index in [2.05, 4.69) is 15.3 Å². The predicted molar refractivity (Wildman–Crippen MR) is 93.8 cm³/mol. The fourth-order valence-corrected chi connectivity index (χ4v) is 3.53. The molecule has 0 fully saturated rings. The van der Waals surface area contributed by atoms with Crippen LogP contribution in [-0.2, 0) is 10.8 Å². The first-order valence-electron chi connectivity index (χ1n) is 7.10. The van der Waals surface area contributed by atoms with Crippen molar-refractivity contribution < 1.29 is 17.4 Å². The van der Waals surface area contributed by atoms with E-state index in [1.54, 1.807) is 38.5 Å². The molecule has 1 atom stereocenters. The second-order valence-corrected chi connectivity index (χ2v) is 6.97. The summed E-state index contributed by atoms with van der Waals surface area (Å²) in [6, 6.07) is 6.36. The van der Waals surface area contributed by atoms with Gasteiger partial charge in [-0.05, 0) is 36.8 Å². The van der Waals surface area contributed by atoms with Gasteiger partial charge in [0.05, 0.1) is 20.7 Å². The number of nitrogens with zero attached hydrogens (tertiary/aromatic N) is 2. The summed E-state index contributed by atoms with van der Waals surface area (Å²) in [5.41, 5.74) is 1.86. The Kier molecular flexibility index (Phi) is 6.18. The van der Waals surface area contributed by atoms with Crippen molar-refractivity contribution in [2.24, 2.45) is 4.99 Å². The van der Waals surface area contributed by atoms with E-state index in [1.165, 1.54) is 12.1 Å². The largest absolute Gasteiger partial charge is 0.400 e. The van der Waals surface area contributed by atoms with Gasteiger partial charge in [0.15, 0.2) is 0 Å². The van der Waals surface area contributed by atoms with Crippen molar-refractivity contribution in [1.82, 2.24) is 4.98 Å². The minimum absolute atomic E-state index is 0.0296. The summed E-state index contributed by atoms with van der Waals surface area (Å²) in [5.74, 6) is -0.974. The van der Waals surface area contributed by atoms with Crippen LogP contribution in [0.15, 0.2) is 46.5 Å². The highest BCUT2D eigenvalue weighted by Crippen LogP contribution is 2.30. The van der Waals surface area contributed by atoms with Crippen molar-refractivity contribution in [2.45, 2.75) is 18.0 Å². The van der Waals surface area contributed by atoms with Gasteiger partial charge in [0, 0.05) is 30.7 Å². The van der Waals surface area contributed by atoms with Crippen molar-refractivity contribution >= 4 is 33.9 Å². The molecule has 1 aromatic heterocycles. The van der Waals surface area contributed by atoms with E-state index in [0.29, 0.717) is 22.6 Å². The van der Waals surface area contributed by atoms with Gasteiger partial charge in [0.2, 0.25) is 0 Å². The summed E-state index contributed by atoms with van der Waals surface area (Å²) < 4.78 is 49.5. The molecule has 134 valence electrons. The van der Waals surface area contributed by atoms with Gasteiger partial charge in [-0.2, -0.15) is 13.2 Å². The lowest BCUT2D eigenvalue weighted by Gasteiger charge is -2.15. The second-order valence-electron chi connectivity index (χ2n) is 5.14. The molecule has 9 heteroatoms. The van der Waals surface area contributed by atoms with Crippen LogP contribution in [0.2, 0.25) is 5.02 Å². The molecule has 0 saturated heterocycles. The zero-order chi connectivity index (χ0) is 18.6. The maximum absolute atomic E-state index is 12.5. The third-order valence-electron chi connectivity index (χ3n) is 3.23. The topological polar surface area (TPSA) is 54.4 Å². The highest BCUT2D eigenvalue weighted by molar-refractivity contribution is 7.85. The first kappa shape index (κ1) is 19.4. The van der Waals surface area contributed by atoms with Crippen LogP contribution in [0.3, 0.4) is 0 Å². The highest BCUT2D eigenvalue weighted by atomic mass is 35.5. The zero-order valence-electron chi connectivity index (χ0n) is 13.4. The quantitative estimate of drug-likeness (QED) is 0.629. The number of hydrogen-bond acceptors (Lipinski definition) is 3. The maximum Gasteiger partial charge on any atom is 0.400 e. The number of benzene rings is 1. The lowest BCUT2D eigenvalue weighted by atomic mass is 10.2. The summed E-state index contributed by atoms with van der Waals surface area (Å²) in [5, 5.41) is 3.06. The summed E-state index contributed by atoms with van der Waals surface area (Å²) in [6.07, 6.45) is -1.33. The summed E-state index contributed by atoms with van der Waals surface area (Å²) in [6.45, 7) is 1.74. The Bertz CT molecular complexity index is 810. The number of alkyl halides is 3. The molecule has 0 saturated carbocycles. The summed E-state index contributed by atoms with van der Waals surface area (Å²) in [4.78, 5) is 8.05. The molecule has 0 aliphatic heterocycles.